The highest BCUT2D eigenvalue weighted by molar-refractivity contribution is 5.80. The zero-order valence-electron chi connectivity index (χ0n) is 18.3. The van der Waals surface area contributed by atoms with Crippen molar-refractivity contribution in [3.05, 3.63) is 23.8 Å². The van der Waals surface area contributed by atoms with Crippen LogP contribution in [-0.4, -0.2) is 58.7 Å². The first-order valence-corrected chi connectivity index (χ1v) is 10.7. The van der Waals surface area contributed by atoms with Crippen molar-refractivity contribution in [3.63, 3.8) is 0 Å². The lowest BCUT2D eigenvalue weighted by atomic mass is 10.1. The third-order valence-electron chi connectivity index (χ3n) is 4.78. The van der Waals surface area contributed by atoms with Gasteiger partial charge in [0.1, 0.15) is 0 Å². The number of ether oxygens (including phenoxy) is 4. The number of aliphatic imine (C=N–C) groups is 1. The van der Waals surface area contributed by atoms with Gasteiger partial charge in [-0.3, -0.25) is 4.99 Å². The maximum absolute atomic E-state index is 5.91. The van der Waals surface area contributed by atoms with Gasteiger partial charge in [0.25, 0.3) is 0 Å². The zero-order valence-corrected chi connectivity index (χ0v) is 18.3. The Morgan fingerprint density at radius 1 is 1.17 bits per heavy atom. The molecule has 1 atom stereocenters. The van der Waals surface area contributed by atoms with Crippen LogP contribution in [0.5, 0.6) is 11.5 Å². The van der Waals surface area contributed by atoms with Crippen molar-refractivity contribution in [1.82, 2.24) is 10.6 Å². The van der Waals surface area contributed by atoms with Crippen molar-refractivity contribution < 1.29 is 18.9 Å². The topological polar surface area (TPSA) is 73.3 Å². The molecule has 7 nitrogen and oxygen atoms in total. The van der Waals surface area contributed by atoms with E-state index in [1.165, 1.54) is 0 Å². The fourth-order valence-electron chi connectivity index (χ4n) is 3.19. The molecule has 0 bridgehead atoms. The van der Waals surface area contributed by atoms with Crippen LogP contribution in [0.2, 0.25) is 0 Å². The molecule has 2 rings (SSSR count). The van der Waals surface area contributed by atoms with E-state index in [4.69, 9.17) is 18.9 Å². The first-order valence-electron chi connectivity index (χ1n) is 10.7. The van der Waals surface area contributed by atoms with Gasteiger partial charge in [-0.2, -0.15) is 0 Å². The fraction of sp³-hybridized carbons (Fsp3) is 0.682. The van der Waals surface area contributed by atoms with E-state index < -0.39 is 0 Å². The summed E-state index contributed by atoms with van der Waals surface area (Å²) in [7, 11) is 1.78. The molecule has 0 aliphatic carbocycles. The number of nitrogens with one attached hydrogen (secondary N) is 2. The Bertz CT molecular complexity index is 618. The predicted molar refractivity (Wildman–Crippen MR) is 116 cm³/mol. The van der Waals surface area contributed by atoms with E-state index in [1.54, 1.807) is 7.05 Å². The molecule has 1 aliphatic rings. The van der Waals surface area contributed by atoms with Gasteiger partial charge in [0, 0.05) is 33.4 Å². The van der Waals surface area contributed by atoms with Gasteiger partial charge in [-0.25, -0.2) is 0 Å². The van der Waals surface area contributed by atoms with E-state index in [2.05, 4.69) is 28.6 Å². The van der Waals surface area contributed by atoms with Gasteiger partial charge in [0.2, 0.25) is 0 Å². The second-order valence-electron chi connectivity index (χ2n) is 6.97. The van der Waals surface area contributed by atoms with Crippen LogP contribution < -0.4 is 20.1 Å². The average molecular weight is 408 g/mol. The van der Waals surface area contributed by atoms with Crippen LogP contribution in [0.1, 0.15) is 51.6 Å². The lowest BCUT2D eigenvalue weighted by Crippen LogP contribution is -2.39. The van der Waals surface area contributed by atoms with Gasteiger partial charge >= 0.3 is 0 Å². The number of guanidine groups is 1. The van der Waals surface area contributed by atoms with Gasteiger partial charge in [-0.1, -0.05) is 6.07 Å². The lowest BCUT2D eigenvalue weighted by Gasteiger charge is -2.22. The van der Waals surface area contributed by atoms with Crippen LogP contribution in [0, 0.1) is 0 Å². The zero-order chi connectivity index (χ0) is 20.9. The van der Waals surface area contributed by atoms with E-state index in [0.717, 1.165) is 68.6 Å². The Kier molecular flexibility index (Phi) is 10.7. The SMILES string of the molecule is CCOc1ccc(C(C)NC(=NC)NCCCOC2CCOCC2)cc1OCC. The monoisotopic (exact) mass is 407 g/mol. The summed E-state index contributed by atoms with van der Waals surface area (Å²) in [6.07, 6.45) is 3.28. The first kappa shape index (κ1) is 23.3. The van der Waals surface area contributed by atoms with Crippen molar-refractivity contribution in [3.8, 4) is 11.5 Å². The molecule has 0 spiro atoms. The van der Waals surface area contributed by atoms with Crippen LogP contribution in [-0.2, 0) is 9.47 Å². The van der Waals surface area contributed by atoms with Crippen LogP contribution in [0.25, 0.3) is 0 Å². The highest BCUT2D eigenvalue weighted by Crippen LogP contribution is 2.30. The molecule has 164 valence electrons. The third kappa shape index (κ3) is 8.11. The minimum atomic E-state index is 0.0783. The van der Waals surface area contributed by atoms with Crippen molar-refractivity contribution in [1.29, 1.82) is 0 Å². The number of hydrogen-bond donors (Lipinski definition) is 2. The summed E-state index contributed by atoms with van der Waals surface area (Å²) < 4.78 is 22.6. The molecule has 0 amide bonds. The summed E-state index contributed by atoms with van der Waals surface area (Å²) >= 11 is 0. The summed E-state index contributed by atoms with van der Waals surface area (Å²) in [4.78, 5) is 4.33. The molecule has 1 aromatic carbocycles. The Hall–Kier alpha value is -1.99. The smallest absolute Gasteiger partial charge is 0.191 e. The molecule has 1 heterocycles. The Labute approximate surface area is 175 Å². The van der Waals surface area contributed by atoms with E-state index in [1.807, 2.05) is 26.0 Å². The third-order valence-corrected chi connectivity index (χ3v) is 4.78. The van der Waals surface area contributed by atoms with Gasteiger partial charge in [0.15, 0.2) is 17.5 Å². The number of benzene rings is 1. The average Bonchev–Trinajstić information content (AvgIpc) is 2.74. The summed E-state index contributed by atoms with van der Waals surface area (Å²) in [5.41, 5.74) is 1.11. The highest BCUT2D eigenvalue weighted by atomic mass is 16.5. The van der Waals surface area contributed by atoms with E-state index in [9.17, 15) is 0 Å². The van der Waals surface area contributed by atoms with Crippen molar-refractivity contribution in [2.75, 3.05) is 46.6 Å². The maximum Gasteiger partial charge on any atom is 0.191 e. The molecule has 7 heteroatoms. The molecule has 0 aromatic heterocycles. The number of rotatable bonds is 11. The van der Waals surface area contributed by atoms with E-state index in [-0.39, 0.29) is 6.04 Å². The quantitative estimate of drug-likeness (QED) is 0.333. The second kappa shape index (κ2) is 13.3. The number of hydrogen-bond acceptors (Lipinski definition) is 5. The minimum Gasteiger partial charge on any atom is -0.490 e. The van der Waals surface area contributed by atoms with Crippen LogP contribution >= 0.6 is 0 Å². The molecule has 0 radical (unpaired) electrons. The molecule has 1 unspecified atom stereocenters. The summed E-state index contributed by atoms with van der Waals surface area (Å²) in [6, 6.07) is 6.13. The highest BCUT2D eigenvalue weighted by Gasteiger charge is 2.14. The van der Waals surface area contributed by atoms with E-state index >= 15 is 0 Å². The van der Waals surface area contributed by atoms with Crippen molar-refractivity contribution >= 4 is 5.96 Å². The molecule has 2 N–H and O–H groups in total. The van der Waals surface area contributed by atoms with Crippen molar-refractivity contribution in [2.45, 2.75) is 52.2 Å². The van der Waals surface area contributed by atoms with Crippen LogP contribution in [0.3, 0.4) is 0 Å². The van der Waals surface area contributed by atoms with Crippen molar-refractivity contribution in [2.24, 2.45) is 4.99 Å². The van der Waals surface area contributed by atoms with Gasteiger partial charge < -0.3 is 29.6 Å². The molecular formula is C22H37N3O4. The van der Waals surface area contributed by atoms with Crippen LogP contribution in [0.4, 0.5) is 0 Å². The van der Waals surface area contributed by atoms with E-state index in [0.29, 0.717) is 19.3 Å². The second-order valence-corrected chi connectivity index (χ2v) is 6.97. The van der Waals surface area contributed by atoms with Gasteiger partial charge in [-0.05, 0) is 57.7 Å². The standard InChI is InChI=1S/C22H37N3O4/c1-5-27-20-9-8-18(16-21(20)28-6-2)17(3)25-22(23-4)24-12-7-13-29-19-10-14-26-15-11-19/h8-9,16-17,19H,5-7,10-15H2,1-4H3,(H2,23,24,25). The Morgan fingerprint density at radius 3 is 2.59 bits per heavy atom. The molecule has 1 fully saturated rings. The fourth-order valence-corrected chi connectivity index (χ4v) is 3.19. The van der Waals surface area contributed by atoms with Gasteiger partial charge in [0.05, 0.1) is 25.4 Å². The minimum absolute atomic E-state index is 0.0783. The number of nitrogens with zero attached hydrogens (tertiary/aromatic N) is 1. The predicted octanol–water partition coefficient (Wildman–Crippen LogP) is 3.30. The molecule has 1 saturated heterocycles. The summed E-state index contributed by atoms with van der Waals surface area (Å²) in [5.74, 6) is 2.32. The Morgan fingerprint density at radius 2 is 1.90 bits per heavy atom. The lowest BCUT2D eigenvalue weighted by molar-refractivity contribution is -0.0320. The van der Waals surface area contributed by atoms with Crippen LogP contribution in [0.15, 0.2) is 23.2 Å². The molecule has 29 heavy (non-hydrogen) atoms. The largest absolute Gasteiger partial charge is 0.490 e. The molecule has 1 aromatic rings. The summed E-state index contributed by atoms with van der Waals surface area (Å²) in [5, 5.41) is 6.79. The normalized spacial score (nSPS) is 16.3. The van der Waals surface area contributed by atoms with Gasteiger partial charge in [-0.15, -0.1) is 0 Å². The molecule has 0 saturated carbocycles. The summed E-state index contributed by atoms with van der Waals surface area (Å²) in [6.45, 7) is 10.4. The maximum atomic E-state index is 5.91. The molecular weight excluding hydrogens is 370 g/mol. The molecule has 1 aliphatic heterocycles. The Balaban J connectivity index is 1.78. The first-order chi connectivity index (χ1) is 14.2.